The number of pyridine rings is 1. The van der Waals surface area contributed by atoms with Gasteiger partial charge in [-0.3, -0.25) is 9.78 Å². The number of hydrogen-bond acceptors (Lipinski definition) is 5. The van der Waals surface area contributed by atoms with Crippen molar-refractivity contribution in [3.8, 4) is 0 Å². The summed E-state index contributed by atoms with van der Waals surface area (Å²) < 4.78 is 4.98. The Balaban J connectivity index is 2.24. The van der Waals surface area contributed by atoms with Crippen molar-refractivity contribution >= 4 is 23.4 Å². The first-order valence-electron chi connectivity index (χ1n) is 8.17. The number of rotatable bonds is 2. The fourth-order valence-electron chi connectivity index (χ4n) is 3.75. The molecule has 0 aromatic carbocycles. The first-order chi connectivity index (χ1) is 11.7. The van der Waals surface area contributed by atoms with Gasteiger partial charge in [0.2, 0.25) is 0 Å². The molecule has 5 nitrogen and oxygen atoms in total. The van der Waals surface area contributed by atoms with Gasteiger partial charge < -0.3 is 10.1 Å². The van der Waals surface area contributed by atoms with E-state index in [9.17, 15) is 9.59 Å². The molecule has 0 fully saturated rings. The molecule has 1 aliphatic carbocycles. The summed E-state index contributed by atoms with van der Waals surface area (Å²) in [6.45, 7) is 5.96. The fourth-order valence-corrected chi connectivity index (χ4v) is 3.98. The lowest BCUT2D eigenvalue weighted by atomic mass is 9.68. The molecule has 1 unspecified atom stereocenters. The van der Waals surface area contributed by atoms with Crippen LogP contribution < -0.4 is 5.32 Å². The standard InChI is InChI=1S/C19H21ClN2O3/c1-10-15(18(24)25-4)16(11-5-6-21-9-12(11)20)17-13(22-10)7-19(2,3)8-14(17)23/h5-6,9,16,22H,7-8H2,1-4H3. The molecule has 1 N–H and O–H groups in total. The Morgan fingerprint density at radius 1 is 1.40 bits per heavy atom. The van der Waals surface area contributed by atoms with E-state index in [1.165, 1.54) is 13.3 Å². The predicted molar refractivity (Wildman–Crippen MR) is 94.9 cm³/mol. The van der Waals surface area contributed by atoms with Crippen molar-refractivity contribution in [1.29, 1.82) is 0 Å². The predicted octanol–water partition coefficient (Wildman–Crippen LogP) is 3.51. The van der Waals surface area contributed by atoms with E-state index in [4.69, 9.17) is 16.3 Å². The average molecular weight is 361 g/mol. The number of carbonyl (C=O) groups excluding carboxylic acids is 2. The number of halogens is 1. The van der Waals surface area contributed by atoms with Crippen molar-refractivity contribution in [2.24, 2.45) is 5.41 Å². The van der Waals surface area contributed by atoms with Gasteiger partial charge in [-0.05, 0) is 30.4 Å². The molecule has 2 heterocycles. The number of Topliss-reactive ketones (excluding diaryl/α,β-unsaturated/α-hetero) is 1. The Morgan fingerprint density at radius 3 is 2.76 bits per heavy atom. The van der Waals surface area contributed by atoms with Crippen LogP contribution in [0, 0.1) is 5.41 Å². The van der Waals surface area contributed by atoms with Crippen molar-refractivity contribution in [3.05, 3.63) is 51.6 Å². The molecule has 0 amide bonds. The van der Waals surface area contributed by atoms with Gasteiger partial charge >= 0.3 is 5.97 Å². The lowest BCUT2D eigenvalue weighted by Crippen LogP contribution is -2.38. The molecule has 132 valence electrons. The number of methoxy groups -OCH3 is 1. The van der Waals surface area contributed by atoms with Gasteiger partial charge in [0.25, 0.3) is 0 Å². The van der Waals surface area contributed by atoms with E-state index >= 15 is 0 Å². The first kappa shape index (κ1) is 17.7. The molecule has 1 aromatic heterocycles. The third-order valence-electron chi connectivity index (χ3n) is 4.76. The summed E-state index contributed by atoms with van der Waals surface area (Å²) >= 11 is 6.36. The lowest BCUT2D eigenvalue weighted by Gasteiger charge is -2.39. The molecule has 2 aliphatic rings. The summed E-state index contributed by atoms with van der Waals surface area (Å²) in [7, 11) is 1.34. The zero-order valence-corrected chi connectivity index (χ0v) is 15.5. The number of esters is 1. The molecule has 6 heteroatoms. The zero-order valence-electron chi connectivity index (χ0n) is 14.8. The Labute approximate surface area is 152 Å². The quantitative estimate of drug-likeness (QED) is 0.817. The van der Waals surface area contributed by atoms with Gasteiger partial charge in [0.15, 0.2) is 5.78 Å². The molecule has 25 heavy (non-hydrogen) atoms. The second kappa shape index (κ2) is 6.30. The van der Waals surface area contributed by atoms with E-state index in [2.05, 4.69) is 24.1 Å². The number of ether oxygens (including phenoxy) is 1. The van der Waals surface area contributed by atoms with Crippen molar-refractivity contribution in [2.75, 3.05) is 7.11 Å². The summed E-state index contributed by atoms with van der Waals surface area (Å²) in [5.74, 6) is -0.972. The Morgan fingerprint density at radius 2 is 2.12 bits per heavy atom. The highest BCUT2D eigenvalue weighted by Crippen LogP contribution is 2.47. The number of dihydropyridines is 1. The van der Waals surface area contributed by atoms with E-state index in [1.807, 2.05) is 6.92 Å². The second-order valence-corrected chi connectivity index (χ2v) is 7.73. The van der Waals surface area contributed by atoms with E-state index in [0.29, 0.717) is 33.9 Å². The SMILES string of the molecule is COC(=O)C1=C(C)NC2=C(C(=O)CC(C)(C)C2)C1c1ccncc1Cl. The van der Waals surface area contributed by atoms with Crippen LogP contribution in [0.25, 0.3) is 0 Å². The molecule has 0 radical (unpaired) electrons. The van der Waals surface area contributed by atoms with Gasteiger partial charge in [-0.25, -0.2) is 4.79 Å². The molecule has 0 bridgehead atoms. The van der Waals surface area contributed by atoms with E-state index < -0.39 is 11.9 Å². The van der Waals surface area contributed by atoms with Gasteiger partial charge in [-0.15, -0.1) is 0 Å². The number of nitrogens with one attached hydrogen (secondary N) is 1. The van der Waals surface area contributed by atoms with Crippen LogP contribution in [0.15, 0.2) is 41.0 Å². The molecular weight excluding hydrogens is 340 g/mol. The van der Waals surface area contributed by atoms with Crippen LogP contribution >= 0.6 is 11.6 Å². The highest BCUT2D eigenvalue weighted by molar-refractivity contribution is 6.31. The smallest absolute Gasteiger partial charge is 0.336 e. The maximum atomic E-state index is 13.0. The molecule has 0 spiro atoms. The van der Waals surface area contributed by atoms with E-state index in [0.717, 1.165) is 12.1 Å². The summed E-state index contributed by atoms with van der Waals surface area (Å²) in [6.07, 6.45) is 4.31. The van der Waals surface area contributed by atoms with Gasteiger partial charge in [0.05, 0.1) is 17.7 Å². The van der Waals surface area contributed by atoms with E-state index in [-0.39, 0.29) is 11.2 Å². The molecule has 3 rings (SSSR count). The average Bonchev–Trinajstić information content (AvgIpc) is 2.52. The van der Waals surface area contributed by atoms with Crippen LogP contribution in [-0.4, -0.2) is 23.8 Å². The Bertz CT molecular complexity index is 824. The normalized spacial score (nSPS) is 22.4. The van der Waals surface area contributed by atoms with E-state index in [1.54, 1.807) is 12.3 Å². The van der Waals surface area contributed by atoms with Crippen molar-refractivity contribution in [1.82, 2.24) is 10.3 Å². The molecule has 1 aliphatic heterocycles. The zero-order chi connectivity index (χ0) is 18.4. The van der Waals surface area contributed by atoms with Crippen molar-refractivity contribution in [3.63, 3.8) is 0 Å². The maximum Gasteiger partial charge on any atom is 0.336 e. The molecule has 1 atom stereocenters. The number of nitrogens with zero attached hydrogens (tertiary/aromatic N) is 1. The Hall–Kier alpha value is -2.14. The molecule has 1 aromatic rings. The highest BCUT2D eigenvalue weighted by Gasteiger charge is 2.43. The number of aromatic nitrogens is 1. The second-order valence-electron chi connectivity index (χ2n) is 7.32. The molecule has 0 saturated heterocycles. The number of ketones is 1. The van der Waals surface area contributed by atoms with Crippen LogP contribution in [0.4, 0.5) is 0 Å². The highest BCUT2D eigenvalue weighted by atomic mass is 35.5. The van der Waals surface area contributed by atoms with Crippen molar-refractivity contribution in [2.45, 2.75) is 39.5 Å². The van der Waals surface area contributed by atoms with Gasteiger partial charge in [-0.1, -0.05) is 25.4 Å². The third-order valence-corrected chi connectivity index (χ3v) is 5.08. The summed E-state index contributed by atoms with van der Waals surface area (Å²) in [4.78, 5) is 29.5. The minimum atomic E-state index is -0.539. The summed E-state index contributed by atoms with van der Waals surface area (Å²) in [6, 6.07) is 1.76. The fraction of sp³-hybridized carbons (Fsp3) is 0.421. The lowest BCUT2D eigenvalue weighted by molar-refractivity contribution is -0.136. The van der Waals surface area contributed by atoms with Crippen LogP contribution in [-0.2, 0) is 14.3 Å². The van der Waals surface area contributed by atoms with Gasteiger partial charge in [-0.2, -0.15) is 0 Å². The monoisotopic (exact) mass is 360 g/mol. The summed E-state index contributed by atoms with van der Waals surface area (Å²) in [5, 5.41) is 3.69. The topological polar surface area (TPSA) is 68.3 Å². The number of hydrogen-bond donors (Lipinski definition) is 1. The Kier molecular flexibility index (Phi) is 4.45. The maximum absolute atomic E-state index is 13.0. The van der Waals surface area contributed by atoms with Crippen LogP contribution in [0.5, 0.6) is 0 Å². The number of allylic oxidation sites excluding steroid dienone is 3. The summed E-state index contributed by atoms with van der Waals surface area (Å²) in [5.41, 5.74) is 3.15. The number of carbonyl (C=O) groups is 2. The van der Waals surface area contributed by atoms with Crippen molar-refractivity contribution < 1.29 is 14.3 Å². The van der Waals surface area contributed by atoms with Gasteiger partial charge in [0.1, 0.15) is 0 Å². The third kappa shape index (κ3) is 3.09. The minimum Gasteiger partial charge on any atom is -0.466 e. The largest absolute Gasteiger partial charge is 0.466 e. The molecule has 0 saturated carbocycles. The van der Waals surface area contributed by atoms with Crippen LogP contribution in [0.3, 0.4) is 0 Å². The minimum absolute atomic E-state index is 0.0329. The first-order valence-corrected chi connectivity index (χ1v) is 8.54. The molecular formula is C19H21ClN2O3. The van der Waals surface area contributed by atoms with Gasteiger partial charge in [0, 0.05) is 41.7 Å². The van der Waals surface area contributed by atoms with Crippen LogP contribution in [0.2, 0.25) is 5.02 Å². The van der Waals surface area contributed by atoms with Crippen LogP contribution in [0.1, 0.15) is 45.1 Å².